The predicted octanol–water partition coefficient (Wildman–Crippen LogP) is -0.505. The normalized spacial score (nSPS) is 27.7. The Balaban J connectivity index is 1.91. The molecule has 10 heteroatoms. The third-order valence-electron chi connectivity index (χ3n) is 4.74. The van der Waals surface area contributed by atoms with Gasteiger partial charge in [-0.3, -0.25) is 14.4 Å². The van der Waals surface area contributed by atoms with Crippen LogP contribution in [0.3, 0.4) is 0 Å². The monoisotopic (exact) mass is 351 g/mol. The molecule has 0 aromatic heterocycles. The molecule has 0 spiro atoms. The van der Waals surface area contributed by atoms with Crippen molar-refractivity contribution in [3.8, 4) is 0 Å². The minimum Gasteiger partial charge on any atom is -0.373 e. The maximum Gasteiger partial charge on any atom is 0.426 e. The van der Waals surface area contributed by atoms with Crippen molar-refractivity contribution in [3.05, 3.63) is 0 Å². The van der Waals surface area contributed by atoms with Gasteiger partial charge in [-0.25, -0.2) is 0 Å². The molecule has 0 aromatic carbocycles. The zero-order chi connectivity index (χ0) is 18.5. The number of alkyl halides is 3. The van der Waals surface area contributed by atoms with Gasteiger partial charge in [-0.05, 0) is 20.3 Å². The zero-order valence-corrected chi connectivity index (χ0v) is 13.6. The summed E-state index contributed by atoms with van der Waals surface area (Å²) in [5.74, 6) is -2.27. The predicted molar refractivity (Wildman–Crippen MR) is 75.6 cm³/mol. The van der Waals surface area contributed by atoms with E-state index in [2.05, 4.69) is 5.32 Å². The molecular weight excluding hydrogens is 331 g/mol. The molecule has 2 aliphatic heterocycles. The van der Waals surface area contributed by atoms with Crippen molar-refractivity contribution in [1.29, 1.82) is 0 Å². The van der Waals surface area contributed by atoms with Gasteiger partial charge in [0.05, 0.1) is 6.04 Å². The first-order valence-electron chi connectivity index (χ1n) is 7.45. The van der Waals surface area contributed by atoms with Crippen LogP contribution in [-0.4, -0.2) is 77.1 Å². The number of carbonyl (C=O) groups excluding carboxylic acids is 3. The topological polar surface area (TPSA) is 90.0 Å². The van der Waals surface area contributed by atoms with Crippen LogP contribution in [0.2, 0.25) is 0 Å². The van der Waals surface area contributed by atoms with Crippen LogP contribution in [0.5, 0.6) is 0 Å². The molecule has 2 saturated heterocycles. The van der Waals surface area contributed by atoms with E-state index in [0.29, 0.717) is 19.9 Å². The van der Waals surface area contributed by atoms with Gasteiger partial charge in [0.25, 0.3) is 5.91 Å². The minimum absolute atomic E-state index is 0.142. The van der Waals surface area contributed by atoms with Gasteiger partial charge in [-0.15, -0.1) is 0 Å². The number of hydrogen-bond donors (Lipinski definition) is 2. The van der Waals surface area contributed by atoms with Crippen LogP contribution in [-0.2, 0) is 14.4 Å². The van der Waals surface area contributed by atoms with Gasteiger partial charge in [0.15, 0.2) is 0 Å². The Morgan fingerprint density at radius 1 is 1.33 bits per heavy atom. The fourth-order valence-electron chi connectivity index (χ4n) is 2.74. The molecule has 0 bridgehead atoms. The van der Waals surface area contributed by atoms with E-state index in [9.17, 15) is 32.7 Å². The second-order valence-corrected chi connectivity index (χ2v) is 6.76. The zero-order valence-electron chi connectivity index (χ0n) is 13.6. The molecule has 2 fully saturated rings. The first-order chi connectivity index (χ1) is 10.8. The molecule has 3 amide bonds. The van der Waals surface area contributed by atoms with E-state index < -0.39 is 35.0 Å². The van der Waals surface area contributed by atoms with Gasteiger partial charge in [0, 0.05) is 26.7 Å². The largest absolute Gasteiger partial charge is 0.426 e. The Hall–Kier alpha value is -1.84. The number of nitrogens with zero attached hydrogens (tertiary/aromatic N) is 2. The SMILES string of the molecule is CN1CCC(C)(C(=O)NC2CN(C(=O)C(C)(O)C(F)(F)F)C2)C1=O. The lowest BCUT2D eigenvalue weighted by Gasteiger charge is -2.43. The molecule has 0 aliphatic carbocycles. The lowest BCUT2D eigenvalue weighted by Crippen LogP contribution is -2.68. The van der Waals surface area contributed by atoms with E-state index in [-0.39, 0.29) is 19.0 Å². The number of halogens is 3. The molecule has 7 nitrogen and oxygen atoms in total. The highest BCUT2D eigenvalue weighted by atomic mass is 19.4. The summed E-state index contributed by atoms with van der Waals surface area (Å²) in [6.07, 6.45) is -4.72. The lowest BCUT2D eigenvalue weighted by molar-refractivity contribution is -0.252. The molecule has 2 rings (SSSR count). The van der Waals surface area contributed by atoms with E-state index in [1.54, 1.807) is 7.05 Å². The third-order valence-corrected chi connectivity index (χ3v) is 4.74. The average molecular weight is 351 g/mol. The quantitative estimate of drug-likeness (QED) is 0.671. The van der Waals surface area contributed by atoms with Gasteiger partial charge >= 0.3 is 6.18 Å². The van der Waals surface area contributed by atoms with Crippen molar-refractivity contribution in [1.82, 2.24) is 15.1 Å². The number of hydrogen-bond acceptors (Lipinski definition) is 4. The molecule has 0 saturated carbocycles. The van der Waals surface area contributed by atoms with Crippen LogP contribution >= 0.6 is 0 Å². The van der Waals surface area contributed by atoms with E-state index in [1.165, 1.54) is 11.8 Å². The highest BCUT2D eigenvalue weighted by Gasteiger charge is 2.58. The Kier molecular flexibility index (Phi) is 4.32. The summed E-state index contributed by atoms with van der Waals surface area (Å²) in [7, 11) is 1.59. The van der Waals surface area contributed by atoms with Crippen LogP contribution in [0, 0.1) is 5.41 Å². The second kappa shape index (κ2) is 5.61. The van der Waals surface area contributed by atoms with Crippen molar-refractivity contribution in [2.24, 2.45) is 5.41 Å². The summed E-state index contributed by atoms with van der Waals surface area (Å²) in [4.78, 5) is 38.3. The number of aliphatic hydroxyl groups is 1. The third kappa shape index (κ3) is 2.83. The second-order valence-electron chi connectivity index (χ2n) is 6.76. The Morgan fingerprint density at radius 2 is 1.88 bits per heavy atom. The molecule has 2 atom stereocenters. The van der Waals surface area contributed by atoms with Gasteiger partial charge in [0.1, 0.15) is 5.41 Å². The minimum atomic E-state index is -5.08. The summed E-state index contributed by atoms with van der Waals surface area (Å²) < 4.78 is 37.9. The van der Waals surface area contributed by atoms with Crippen molar-refractivity contribution < 1.29 is 32.7 Å². The fraction of sp³-hybridized carbons (Fsp3) is 0.786. The summed E-state index contributed by atoms with van der Waals surface area (Å²) >= 11 is 0. The standard InChI is InChI=1S/C14H20F3N3O4/c1-12(4-5-19(3)10(12)22)9(21)18-8-6-20(7-8)11(23)13(2,24)14(15,16)17/h8,24H,4-7H2,1-3H3,(H,18,21). The van der Waals surface area contributed by atoms with Gasteiger partial charge in [0.2, 0.25) is 17.4 Å². The Bertz CT molecular complexity index is 572. The maximum atomic E-state index is 12.6. The van der Waals surface area contributed by atoms with Crippen LogP contribution in [0.4, 0.5) is 13.2 Å². The van der Waals surface area contributed by atoms with Gasteiger partial charge in [-0.1, -0.05) is 0 Å². The highest BCUT2D eigenvalue weighted by Crippen LogP contribution is 2.34. The highest BCUT2D eigenvalue weighted by molar-refractivity contribution is 6.06. The number of nitrogens with one attached hydrogen (secondary N) is 1. The summed E-state index contributed by atoms with van der Waals surface area (Å²) in [6.45, 7) is 2.08. The lowest BCUT2D eigenvalue weighted by atomic mass is 9.87. The molecule has 24 heavy (non-hydrogen) atoms. The van der Waals surface area contributed by atoms with Crippen molar-refractivity contribution in [2.45, 2.75) is 38.1 Å². The number of amides is 3. The number of rotatable bonds is 3. The van der Waals surface area contributed by atoms with Crippen LogP contribution in [0.1, 0.15) is 20.3 Å². The van der Waals surface area contributed by atoms with Crippen molar-refractivity contribution in [2.75, 3.05) is 26.7 Å². The summed E-state index contributed by atoms with van der Waals surface area (Å²) in [6, 6.07) is -0.541. The molecular formula is C14H20F3N3O4. The Labute approximate surface area is 136 Å². The fourth-order valence-corrected chi connectivity index (χ4v) is 2.74. The van der Waals surface area contributed by atoms with Crippen LogP contribution < -0.4 is 5.32 Å². The van der Waals surface area contributed by atoms with E-state index in [4.69, 9.17) is 0 Å². The number of carbonyl (C=O) groups is 3. The first kappa shape index (κ1) is 18.5. The first-order valence-corrected chi connectivity index (χ1v) is 7.45. The smallest absolute Gasteiger partial charge is 0.373 e. The molecule has 2 heterocycles. The van der Waals surface area contributed by atoms with Crippen LogP contribution in [0.15, 0.2) is 0 Å². The van der Waals surface area contributed by atoms with E-state index in [1.807, 2.05) is 0 Å². The van der Waals surface area contributed by atoms with E-state index in [0.717, 1.165) is 4.90 Å². The maximum absolute atomic E-state index is 12.6. The van der Waals surface area contributed by atoms with Crippen molar-refractivity contribution in [3.63, 3.8) is 0 Å². The number of likely N-dealkylation sites (tertiary alicyclic amines) is 2. The molecule has 136 valence electrons. The average Bonchev–Trinajstić information content (AvgIpc) is 2.69. The van der Waals surface area contributed by atoms with Gasteiger partial charge < -0.3 is 20.2 Å². The summed E-state index contributed by atoms with van der Waals surface area (Å²) in [5.41, 5.74) is -4.66. The molecule has 2 aliphatic rings. The van der Waals surface area contributed by atoms with Crippen molar-refractivity contribution >= 4 is 17.7 Å². The molecule has 2 N–H and O–H groups in total. The van der Waals surface area contributed by atoms with E-state index >= 15 is 0 Å². The van der Waals surface area contributed by atoms with Gasteiger partial charge in [-0.2, -0.15) is 13.2 Å². The van der Waals surface area contributed by atoms with Crippen LogP contribution in [0.25, 0.3) is 0 Å². The molecule has 0 aromatic rings. The molecule has 2 unspecified atom stereocenters. The summed E-state index contributed by atoms with van der Waals surface area (Å²) in [5, 5.41) is 11.9. The Morgan fingerprint density at radius 3 is 2.29 bits per heavy atom. The molecule has 0 radical (unpaired) electrons.